The number of carbonyl (C=O) groups excluding carboxylic acids is 1. The number of aryl methyl sites for hydroxylation is 2. The highest BCUT2D eigenvalue weighted by atomic mass is 35.5. The molecule has 88 valence electrons. The molecule has 0 atom stereocenters. The lowest BCUT2D eigenvalue weighted by Crippen LogP contribution is -2.17. The number of halogens is 1. The fourth-order valence-electron chi connectivity index (χ4n) is 2.14. The second kappa shape index (κ2) is 3.88. The van der Waals surface area contributed by atoms with Gasteiger partial charge in [-0.3, -0.25) is 9.48 Å². The lowest BCUT2D eigenvalue weighted by Gasteiger charge is -2.11. The Kier molecular flexibility index (Phi) is 2.82. The molecule has 0 amide bonds. The van der Waals surface area contributed by atoms with Gasteiger partial charge in [0, 0.05) is 18.9 Å². The number of carbonyl (C=O) groups is 1. The van der Waals surface area contributed by atoms with Gasteiger partial charge in [0.25, 0.3) is 0 Å². The number of aromatic nitrogens is 2. The van der Waals surface area contributed by atoms with Crippen LogP contribution < -0.4 is 0 Å². The summed E-state index contributed by atoms with van der Waals surface area (Å²) < 4.78 is 1.82. The van der Waals surface area contributed by atoms with Gasteiger partial charge in [0.1, 0.15) is 5.78 Å². The molecule has 1 aromatic rings. The second-order valence-electron chi connectivity index (χ2n) is 4.70. The molecule has 1 aromatic heterocycles. The summed E-state index contributed by atoms with van der Waals surface area (Å²) in [7, 11) is 1.90. The fraction of sp³-hybridized carbons (Fsp3) is 0.667. The minimum atomic E-state index is -0.136. The maximum absolute atomic E-state index is 11.6. The van der Waals surface area contributed by atoms with Crippen molar-refractivity contribution < 1.29 is 4.79 Å². The Hall–Kier alpha value is -0.830. The molecule has 0 bridgehead atoms. The van der Waals surface area contributed by atoms with Crippen molar-refractivity contribution in [1.82, 2.24) is 9.78 Å². The van der Waals surface area contributed by atoms with Gasteiger partial charge in [0.05, 0.1) is 16.4 Å². The minimum Gasteiger partial charge on any atom is -0.299 e. The fourth-order valence-corrected chi connectivity index (χ4v) is 2.50. The monoisotopic (exact) mass is 240 g/mol. The van der Waals surface area contributed by atoms with Gasteiger partial charge in [0.2, 0.25) is 0 Å². The zero-order valence-electron chi connectivity index (χ0n) is 10.0. The molecule has 0 spiro atoms. The maximum Gasteiger partial charge on any atom is 0.136 e. The van der Waals surface area contributed by atoms with Crippen molar-refractivity contribution in [2.45, 2.75) is 39.5 Å². The summed E-state index contributed by atoms with van der Waals surface area (Å²) in [6.45, 7) is 3.72. The molecule has 0 radical (unpaired) electrons. The molecule has 0 saturated heterocycles. The molecule has 2 rings (SSSR count). The number of ketones is 1. The number of rotatable bonds is 4. The Morgan fingerprint density at radius 2 is 2.19 bits per heavy atom. The SMILES string of the molecule is CCc1nn(C)c(CC2(C(C)=O)CC2)c1Cl. The van der Waals surface area contributed by atoms with Crippen molar-refractivity contribution in [2.75, 3.05) is 0 Å². The molecular weight excluding hydrogens is 224 g/mol. The van der Waals surface area contributed by atoms with E-state index in [1.54, 1.807) is 6.92 Å². The van der Waals surface area contributed by atoms with Crippen molar-refractivity contribution >= 4 is 17.4 Å². The van der Waals surface area contributed by atoms with Crippen LogP contribution in [0.2, 0.25) is 5.02 Å². The van der Waals surface area contributed by atoms with Gasteiger partial charge in [-0.15, -0.1) is 0 Å². The van der Waals surface area contributed by atoms with E-state index in [1.165, 1.54) is 0 Å². The predicted molar refractivity (Wildman–Crippen MR) is 63.6 cm³/mol. The molecule has 1 heterocycles. The number of hydrogen-bond acceptors (Lipinski definition) is 2. The lowest BCUT2D eigenvalue weighted by atomic mass is 9.95. The van der Waals surface area contributed by atoms with Crippen LogP contribution in [0.4, 0.5) is 0 Å². The summed E-state index contributed by atoms with van der Waals surface area (Å²) in [6.07, 6.45) is 3.56. The van der Waals surface area contributed by atoms with Crippen LogP contribution in [0.5, 0.6) is 0 Å². The highest BCUT2D eigenvalue weighted by molar-refractivity contribution is 6.31. The van der Waals surface area contributed by atoms with Crippen LogP contribution in [0.25, 0.3) is 0 Å². The summed E-state index contributed by atoms with van der Waals surface area (Å²) in [5.74, 6) is 0.280. The van der Waals surface area contributed by atoms with Gasteiger partial charge in [-0.1, -0.05) is 18.5 Å². The Balaban J connectivity index is 2.28. The average Bonchev–Trinajstić information content (AvgIpc) is 2.97. The molecule has 1 aliphatic rings. The van der Waals surface area contributed by atoms with E-state index in [-0.39, 0.29) is 11.2 Å². The first-order valence-corrected chi connectivity index (χ1v) is 6.09. The number of Topliss-reactive ketones (excluding diaryl/α,β-unsaturated/α-hetero) is 1. The highest BCUT2D eigenvalue weighted by Crippen LogP contribution is 2.49. The molecular formula is C12H17ClN2O. The first kappa shape index (κ1) is 11.6. The third-order valence-corrected chi connectivity index (χ3v) is 4.05. The Bertz CT molecular complexity index is 432. The van der Waals surface area contributed by atoms with E-state index in [2.05, 4.69) is 5.10 Å². The smallest absolute Gasteiger partial charge is 0.136 e. The first-order chi connectivity index (χ1) is 7.50. The zero-order chi connectivity index (χ0) is 11.9. The lowest BCUT2D eigenvalue weighted by molar-refractivity contribution is -0.122. The summed E-state index contributed by atoms with van der Waals surface area (Å²) in [5, 5.41) is 5.12. The van der Waals surface area contributed by atoms with E-state index in [4.69, 9.17) is 11.6 Å². The first-order valence-electron chi connectivity index (χ1n) is 5.71. The molecule has 16 heavy (non-hydrogen) atoms. The van der Waals surface area contributed by atoms with E-state index in [1.807, 2.05) is 18.7 Å². The van der Waals surface area contributed by atoms with E-state index >= 15 is 0 Å². The van der Waals surface area contributed by atoms with Crippen molar-refractivity contribution in [1.29, 1.82) is 0 Å². The molecule has 1 saturated carbocycles. The van der Waals surface area contributed by atoms with Gasteiger partial charge < -0.3 is 0 Å². The van der Waals surface area contributed by atoms with E-state index in [9.17, 15) is 4.79 Å². The van der Waals surface area contributed by atoms with E-state index < -0.39 is 0 Å². The predicted octanol–water partition coefficient (Wildman–Crippen LogP) is 2.55. The zero-order valence-corrected chi connectivity index (χ0v) is 10.8. The molecule has 1 aliphatic carbocycles. The van der Waals surface area contributed by atoms with E-state index in [0.29, 0.717) is 0 Å². The van der Waals surface area contributed by atoms with Crippen LogP contribution >= 0.6 is 11.6 Å². The third kappa shape index (κ3) is 1.77. The van der Waals surface area contributed by atoms with Gasteiger partial charge in [0.15, 0.2) is 0 Å². The third-order valence-electron chi connectivity index (χ3n) is 3.61. The van der Waals surface area contributed by atoms with Gasteiger partial charge in [-0.25, -0.2) is 0 Å². The van der Waals surface area contributed by atoms with Crippen LogP contribution in [0.3, 0.4) is 0 Å². The van der Waals surface area contributed by atoms with Crippen molar-refractivity contribution in [3.05, 3.63) is 16.4 Å². The van der Waals surface area contributed by atoms with Gasteiger partial charge >= 0.3 is 0 Å². The molecule has 4 heteroatoms. The molecule has 0 N–H and O–H groups in total. The van der Waals surface area contributed by atoms with Crippen LogP contribution in [0, 0.1) is 5.41 Å². The largest absolute Gasteiger partial charge is 0.299 e. The minimum absolute atomic E-state index is 0.136. The molecule has 0 aromatic carbocycles. The van der Waals surface area contributed by atoms with Crippen molar-refractivity contribution in [2.24, 2.45) is 12.5 Å². The van der Waals surface area contributed by atoms with Crippen molar-refractivity contribution in [3.8, 4) is 0 Å². The number of hydrogen-bond donors (Lipinski definition) is 0. The summed E-state index contributed by atoms with van der Waals surface area (Å²) in [6, 6.07) is 0. The second-order valence-corrected chi connectivity index (χ2v) is 5.08. The Morgan fingerprint density at radius 1 is 1.56 bits per heavy atom. The number of nitrogens with zero attached hydrogens (tertiary/aromatic N) is 2. The van der Waals surface area contributed by atoms with Crippen LogP contribution in [-0.4, -0.2) is 15.6 Å². The quantitative estimate of drug-likeness (QED) is 0.811. The highest BCUT2D eigenvalue weighted by Gasteiger charge is 2.48. The van der Waals surface area contributed by atoms with Crippen LogP contribution in [0.1, 0.15) is 38.1 Å². The maximum atomic E-state index is 11.6. The van der Waals surface area contributed by atoms with Gasteiger partial charge in [-0.2, -0.15) is 5.10 Å². The molecule has 3 nitrogen and oxygen atoms in total. The Labute approximate surface area is 101 Å². The molecule has 1 fully saturated rings. The summed E-state index contributed by atoms with van der Waals surface area (Å²) >= 11 is 6.27. The van der Waals surface area contributed by atoms with Gasteiger partial charge in [-0.05, 0) is 26.2 Å². The summed E-state index contributed by atoms with van der Waals surface area (Å²) in [5.41, 5.74) is 1.80. The standard InChI is InChI=1S/C12H17ClN2O/c1-4-9-11(13)10(15(3)14-9)7-12(5-6-12)8(2)16/h4-7H2,1-3H3. The normalized spacial score (nSPS) is 17.5. The van der Waals surface area contributed by atoms with Crippen LogP contribution in [-0.2, 0) is 24.7 Å². The van der Waals surface area contributed by atoms with Crippen LogP contribution in [0.15, 0.2) is 0 Å². The summed E-state index contributed by atoms with van der Waals surface area (Å²) in [4.78, 5) is 11.6. The topological polar surface area (TPSA) is 34.9 Å². The Morgan fingerprint density at radius 3 is 2.56 bits per heavy atom. The molecule has 0 aliphatic heterocycles. The molecule has 0 unspecified atom stereocenters. The van der Waals surface area contributed by atoms with Crippen molar-refractivity contribution in [3.63, 3.8) is 0 Å². The average molecular weight is 241 g/mol. The van der Waals surface area contributed by atoms with E-state index in [0.717, 1.165) is 42.1 Å².